The molecule has 1 heterocycles. The van der Waals surface area contributed by atoms with Crippen molar-refractivity contribution in [3.05, 3.63) is 35.4 Å². The smallest absolute Gasteiger partial charge is 0.191 e. The lowest BCUT2D eigenvalue weighted by Crippen LogP contribution is -2.43. The topological polar surface area (TPSA) is 79.8 Å². The number of rotatable bonds is 6. The molecule has 1 unspecified atom stereocenters. The summed E-state index contributed by atoms with van der Waals surface area (Å²) < 4.78 is 28.5. The van der Waals surface area contributed by atoms with E-state index in [-0.39, 0.29) is 17.5 Å². The van der Waals surface area contributed by atoms with E-state index in [4.69, 9.17) is 4.74 Å². The Bertz CT molecular complexity index is 644. The van der Waals surface area contributed by atoms with Crippen molar-refractivity contribution < 1.29 is 13.2 Å². The van der Waals surface area contributed by atoms with Gasteiger partial charge in [0.15, 0.2) is 15.8 Å². The van der Waals surface area contributed by atoms with Gasteiger partial charge in [-0.15, -0.1) is 0 Å². The third kappa shape index (κ3) is 5.51. The quantitative estimate of drug-likeness (QED) is 0.599. The molecule has 0 aliphatic carbocycles. The van der Waals surface area contributed by atoms with Gasteiger partial charge in [-0.25, -0.2) is 8.42 Å². The third-order valence-corrected chi connectivity index (χ3v) is 5.59. The first-order valence-corrected chi connectivity index (χ1v) is 9.68. The Hall–Kier alpha value is -1.60. The van der Waals surface area contributed by atoms with Crippen molar-refractivity contribution in [1.82, 2.24) is 10.6 Å². The molecular formula is C16H25N3O3S. The molecule has 1 aliphatic heterocycles. The molecule has 1 atom stereocenters. The van der Waals surface area contributed by atoms with Crippen LogP contribution in [0.2, 0.25) is 0 Å². The zero-order valence-corrected chi connectivity index (χ0v) is 14.5. The standard InChI is InChI=1S/C16H25N3O3S/c1-3-22-11-14-7-5-4-6-13(14)10-18-16(17-2)19-15-8-9-23(20,21)12-15/h4-7,15H,3,8-12H2,1-2H3,(H2,17,18,19). The highest BCUT2D eigenvalue weighted by Gasteiger charge is 2.28. The van der Waals surface area contributed by atoms with E-state index in [1.54, 1.807) is 7.05 Å². The molecule has 1 aliphatic rings. The molecule has 1 saturated heterocycles. The molecule has 0 bridgehead atoms. The molecule has 2 N–H and O–H groups in total. The Morgan fingerprint density at radius 2 is 2.09 bits per heavy atom. The van der Waals surface area contributed by atoms with Crippen LogP contribution >= 0.6 is 0 Å². The SMILES string of the molecule is CCOCc1ccccc1CNC(=NC)NC1CCS(=O)(=O)C1. The van der Waals surface area contributed by atoms with Crippen LogP contribution in [-0.4, -0.2) is 45.6 Å². The van der Waals surface area contributed by atoms with Gasteiger partial charge in [-0.05, 0) is 24.5 Å². The van der Waals surface area contributed by atoms with Gasteiger partial charge in [0.2, 0.25) is 0 Å². The van der Waals surface area contributed by atoms with Crippen molar-refractivity contribution in [2.75, 3.05) is 25.2 Å². The first-order valence-electron chi connectivity index (χ1n) is 7.86. The van der Waals surface area contributed by atoms with Crippen molar-refractivity contribution >= 4 is 15.8 Å². The number of ether oxygens (including phenoxy) is 1. The number of nitrogens with one attached hydrogen (secondary N) is 2. The van der Waals surface area contributed by atoms with Gasteiger partial charge in [-0.3, -0.25) is 4.99 Å². The molecule has 2 rings (SSSR count). The zero-order valence-electron chi connectivity index (χ0n) is 13.7. The van der Waals surface area contributed by atoms with Crippen molar-refractivity contribution in [3.63, 3.8) is 0 Å². The average molecular weight is 339 g/mol. The molecule has 0 radical (unpaired) electrons. The van der Waals surface area contributed by atoms with Crippen molar-refractivity contribution in [2.45, 2.75) is 32.5 Å². The predicted octanol–water partition coefficient (Wildman–Crippen LogP) is 1.08. The molecule has 0 spiro atoms. The van der Waals surface area contributed by atoms with E-state index in [9.17, 15) is 8.42 Å². The minimum atomic E-state index is -2.90. The van der Waals surface area contributed by atoms with E-state index in [0.29, 0.717) is 32.1 Å². The average Bonchev–Trinajstić information content (AvgIpc) is 2.89. The minimum absolute atomic E-state index is 0.0649. The van der Waals surface area contributed by atoms with Gasteiger partial charge in [0.1, 0.15) is 0 Å². The fourth-order valence-corrected chi connectivity index (χ4v) is 4.23. The molecule has 0 amide bonds. The van der Waals surface area contributed by atoms with Gasteiger partial charge in [-0.1, -0.05) is 24.3 Å². The van der Waals surface area contributed by atoms with Crippen LogP contribution in [0.15, 0.2) is 29.3 Å². The second kappa shape index (κ2) is 8.31. The first kappa shape index (κ1) is 17.7. The summed E-state index contributed by atoms with van der Waals surface area (Å²) in [7, 11) is -1.21. The molecular weight excluding hydrogens is 314 g/mol. The maximum atomic E-state index is 11.5. The van der Waals surface area contributed by atoms with Gasteiger partial charge in [-0.2, -0.15) is 0 Å². The Labute approximate surface area is 138 Å². The van der Waals surface area contributed by atoms with Crippen LogP contribution in [-0.2, 0) is 27.7 Å². The lowest BCUT2D eigenvalue weighted by Gasteiger charge is -2.17. The zero-order chi connectivity index (χ0) is 16.7. The summed E-state index contributed by atoms with van der Waals surface area (Å²) in [6, 6.07) is 8.02. The lowest BCUT2D eigenvalue weighted by molar-refractivity contribution is 0.133. The second-order valence-corrected chi connectivity index (χ2v) is 7.80. The van der Waals surface area contributed by atoms with E-state index >= 15 is 0 Å². The highest BCUT2D eigenvalue weighted by atomic mass is 32.2. The van der Waals surface area contributed by atoms with Crippen LogP contribution < -0.4 is 10.6 Å². The largest absolute Gasteiger partial charge is 0.377 e. The van der Waals surface area contributed by atoms with Gasteiger partial charge < -0.3 is 15.4 Å². The van der Waals surface area contributed by atoms with Crippen molar-refractivity contribution in [1.29, 1.82) is 0 Å². The molecule has 7 heteroatoms. The van der Waals surface area contributed by atoms with Gasteiger partial charge in [0, 0.05) is 26.2 Å². The Morgan fingerprint density at radius 3 is 2.70 bits per heavy atom. The van der Waals surface area contributed by atoms with Gasteiger partial charge >= 0.3 is 0 Å². The highest BCUT2D eigenvalue weighted by Crippen LogP contribution is 2.12. The minimum Gasteiger partial charge on any atom is -0.377 e. The fraction of sp³-hybridized carbons (Fsp3) is 0.562. The third-order valence-electron chi connectivity index (χ3n) is 3.82. The van der Waals surface area contributed by atoms with Crippen LogP contribution in [0.5, 0.6) is 0 Å². The van der Waals surface area contributed by atoms with Crippen LogP contribution in [0.1, 0.15) is 24.5 Å². The lowest BCUT2D eigenvalue weighted by atomic mass is 10.1. The number of benzene rings is 1. The van der Waals surface area contributed by atoms with Crippen LogP contribution in [0, 0.1) is 0 Å². The predicted molar refractivity (Wildman–Crippen MR) is 92.2 cm³/mol. The van der Waals surface area contributed by atoms with E-state index in [1.807, 2.05) is 25.1 Å². The molecule has 6 nitrogen and oxygen atoms in total. The Kier molecular flexibility index (Phi) is 6.41. The van der Waals surface area contributed by atoms with E-state index in [2.05, 4.69) is 21.7 Å². The monoisotopic (exact) mass is 339 g/mol. The molecule has 1 fully saturated rings. The number of sulfone groups is 1. The summed E-state index contributed by atoms with van der Waals surface area (Å²) in [5, 5.41) is 6.43. The number of nitrogens with zero attached hydrogens (tertiary/aromatic N) is 1. The molecule has 1 aromatic rings. The van der Waals surface area contributed by atoms with Crippen LogP contribution in [0.3, 0.4) is 0 Å². The second-order valence-electron chi connectivity index (χ2n) is 5.58. The van der Waals surface area contributed by atoms with Crippen LogP contribution in [0.25, 0.3) is 0 Å². The number of hydrogen-bond acceptors (Lipinski definition) is 4. The van der Waals surface area contributed by atoms with E-state index < -0.39 is 9.84 Å². The fourth-order valence-electron chi connectivity index (χ4n) is 2.56. The highest BCUT2D eigenvalue weighted by molar-refractivity contribution is 7.91. The Balaban J connectivity index is 1.91. The molecule has 1 aromatic carbocycles. The van der Waals surface area contributed by atoms with E-state index in [1.165, 1.54) is 0 Å². The molecule has 128 valence electrons. The summed E-state index contributed by atoms with van der Waals surface area (Å²) in [5.41, 5.74) is 2.28. The first-order chi connectivity index (χ1) is 11.0. The molecule has 23 heavy (non-hydrogen) atoms. The normalized spacial score (nSPS) is 20.4. The van der Waals surface area contributed by atoms with Crippen LogP contribution in [0.4, 0.5) is 0 Å². The maximum Gasteiger partial charge on any atom is 0.191 e. The Morgan fingerprint density at radius 1 is 1.35 bits per heavy atom. The summed E-state index contributed by atoms with van der Waals surface area (Å²) in [6.07, 6.45) is 0.629. The number of guanidine groups is 1. The van der Waals surface area contributed by atoms with Gasteiger partial charge in [0.05, 0.1) is 18.1 Å². The van der Waals surface area contributed by atoms with Gasteiger partial charge in [0.25, 0.3) is 0 Å². The number of aliphatic imine (C=N–C) groups is 1. The number of hydrogen-bond donors (Lipinski definition) is 2. The summed E-state index contributed by atoms with van der Waals surface area (Å²) in [4.78, 5) is 4.17. The molecule has 0 saturated carbocycles. The summed E-state index contributed by atoms with van der Waals surface area (Å²) in [6.45, 7) is 3.85. The summed E-state index contributed by atoms with van der Waals surface area (Å²) >= 11 is 0. The summed E-state index contributed by atoms with van der Waals surface area (Å²) in [5.74, 6) is 1.05. The van der Waals surface area contributed by atoms with Crippen molar-refractivity contribution in [2.24, 2.45) is 4.99 Å². The maximum absolute atomic E-state index is 11.5. The van der Waals surface area contributed by atoms with E-state index in [0.717, 1.165) is 11.1 Å². The molecule has 0 aromatic heterocycles. The van der Waals surface area contributed by atoms with Crippen molar-refractivity contribution in [3.8, 4) is 0 Å².